The van der Waals surface area contributed by atoms with Crippen molar-refractivity contribution >= 4 is 22.8 Å². The van der Waals surface area contributed by atoms with Gasteiger partial charge in [-0.1, -0.05) is 12.2 Å². The molecule has 4 rings (SSSR count). The second-order valence-electron chi connectivity index (χ2n) is 7.75. The number of hydrogen-bond donors (Lipinski definition) is 1. The van der Waals surface area contributed by atoms with Gasteiger partial charge in [-0.3, -0.25) is 9.59 Å². The molecule has 0 radical (unpaired) electrons. The van der Waals surface area contributed by atoms with E-state index in [0.717, 1.165) is 42.5 Å². The topological polar surface area (TPSA) is 80.1 Å². The Balaban J connectivity index is 1.42. The van der Waals surface area contributed by atoms with Crippen LogP contribution in [0.5, 0.6) is 0 Å². The summed E-state index contributed by atoms with van der Waals surface area (Å²) in [5, 5.41) is 8.87. The molecule has 0 aromatic carbocycles. The largest absolute Gasteiger partial charge is 0.354 e. The molecule has 2 atom stereocenters. The van der Waals surface area contributed by atoms with Gasteiger partial charge in [-0.25, -0.2) is 9.67 Å². The summed E-state index contributed by atoms with van der Waals surface area (Å²) in [5.74, 6) is 0.823. The molecule has 7 nitrogen and oxygen atoms in total. The number of amides is 2. The van der Waals surface area contributed by atoms with Crippen molar-refractivity contribution in [3.63, 3.8) is 0 Å². The third-order valence-corrected chi connectivity index (χ3v) is 5.76. The minimum absolute atomic E-state index is 0.0917. The van der Waals surface area contributed by atoms with Crippen LogP contribution in [0, 0.1) is 5.92 Å². The molecule has 0 spiro atoms. The highest BCUT2D eigenvalue weighted by Gasteiger charge is 2.29. The van der Waals surface area contributed by atoms with E-state index in [1.54, 1.807) is 13.1 Å². The monoisotopic (exact) mass is 381 g/mol. The van der Waals surface area contributed by atoms with Crippen LogP contribution < -0.4 is 5.32 Å². The number of allylic oxidation sites excluding steroid dienone is 2. The predicted molar refractivity (Wildman–Crippen MR) is 107 cm³/mol. The molecule has 2 aromatic rings. The number of carbonyl (C=O) groups is 2. The molecular formula is C21H27N5O2. The predicted octanol–water partition coefficient (Wildman–Crippen LogP) is 2.24. The molecule has 1 N–H and O–H groups in total. The van der Waals surface area contributed by atoms with E-state index < -0.39 is 0 Å². The van der Waals surface area contributed by atoms with Crippen molar-refractivity contribution in [1.29, 1.82) is 0 Å². The van der Waals surface area contributed by atoms with Crippen molar-refractivity contribution in [2.75, 3.05) is 19.6 Å². The van der Waals surface area contributed by atoms with Gasteiger partial charge in [0.1, 0.15) is 0 Å². The first kappa shape index (κ1) is 18.7. The maximum Gasteiger partial charge on any atom is 0.220 e. The van der Waals surface area contributed by atoms with E-state index in [9.17, 15) is 9.59 Å². The zero-order valence-corrected chi connectivity index (χ0v) is 16.3. The minimum Gasteiger partial charge on any atom is -0.354 e. The quantitative estimate of drug-likeness (QED) is 0.778. The Labute approximate surface area is 164 Å². The number of rotatable bonds is 6. The highest BCUT2D eigenvalue weighted by atomic mass is 16.2. The van der Waals surface area contributed by atoms with Crippen LogP contribution in [0.1, 0.15) is 44.2 Å². The summed E-state index contributed by atoms with van der Waals surface area (Å²) in [6.45, 7) is 4.22. The molecule has 0 bridgehead atoms. The number of nitrogens with zero attached hydrogens (tertiary/aromatic N) is 4. The second-order valence-corrected chi connectivity index (χ2v) is 7.75. The van der Waals surface area contributed by atoms with Crippen molar-refractivity contribution in [1.82, 2.24) is 25.0 Å². The SMILES string of the molecule is CC(=O)N1CC[C@@H](c2nn(CCNC(=O)C[C@H]3C=CCC3)c3ncccc23)C1. The standard InChI is InChI=1S/C21H27N5O2/c1-15(27)25-11-8-17(14-25)20-18-7-4-9-23-21(18)26(24-20)12-10-22-19(28)13-16-5-2-3-6-16/h2,4-5,7,9,16-17H,3,6,8,10-14H2,1H3,(H,22,28)/t16-,17+/m0/s1. The van der Waals surface area contributed by atoms with Crippen LogP contribution in [-0.4, -0.2) is 51.1 Å². The van der Waals surface area contributed by atoms with Crippen molar-refractivity contribution in [3.8, 4) is 0 Å². The van der Waals surface area contributed by atoms with Gasteiger partial charge in [0.2, 0.25) is 11.8 Å². The molecule has 1 fully saturated rings. The Morgan fingerprint density at radius 1 is 1.32 bits per heavy atom. The third kappa shape index (κ3) is 3.93. The third-order valence-electron chi connectivity index (χ3n) is 5.76. The van der Waals surface area contributed by atoms with Crippen LogP contribution in [0.15, 0.2) is 30.5 Å². The van der Waals surface area contributed by atoms with E-state index in [1.807, 2.05) is 21.7 Å². The van der Waals surface area contributed by atoms with Gasteiger partial charge in [0.05, 0.1) is 12.2 Å². The molecule has 2 aromatic heterocycles. The number of pyridine rings is 1. The number of nitrogens with one attached hydrogen (secondary N) is 1. The van der Waals surface area contributed by atoms with E-state index >= 15 is 0 Å². The number of fused-ring (bicyclic) bond motifs is 1. The number of aromatic nitrogens is 3. The lowest BCUT2D eigenvalue weighted by atomic mass is 10.0. The maximum absolute atomic E-state index is 12.1. The lowest BCUT2D eigenvalue weighted by Gasteiger charge is -2.13. The molecular weight excluding hydrogens is 354 g/mol. The summed E-state index contributed by atoms with van der Waals surface area (Å²) in [6.07, 6.45) is 9.69. The van der Waals surface area contributed by atoms with E-state index in [4.69, 9.17) is 5.10 Å². The van der Waals surface area contributed by atoms with Crippen molar-refractivity contribution < 1.29 is 9.59 Å². The van der Waals surface area contributed by atoms with Crippen molar-refractivity contribution in [2.24, 2.45) is 5.92 Å². The lowest BCUT2D eigenvalue weighted by molar-refractivity contribution is -0.127. The fraction of sp³-hybridized carbons (Fsp3) is 0.524. The van der Waals surface area contributed by atoms with Gasteiger partial charge >= 0.3 is 0 Å². The van der Waals surface area contributed by atoms with E-state index in [2.05, 4.69) is 22.5 Å². The van der Waals surface area contributed by atoms with Crippen molar-refractivity contribution in [3.05, 3.63) is 36.2 Å². The Kier molecular flexibility index (Phi) is 5.41. The highest BCUT2D eigenvalue weighted by Crippen LogP contribution is 2.31. The van der Waals surface area contributed by atoms with Gasteiger partial charge in [0.25, 0.3) is 0 Å². The molecule has 2 amide bonds. The normalized spacial score (nSPS) is 21.5. The van der Waals surface area contributed by atoms with Crippen LogP contribution >= 0.6 is 0 Å². The van der Waals surface area contributed by atoms with Gasteiger partial charge in [-0.15, -0.1) is 0 Å². The minimum atomic E-state index is 0.0917. The number of hydrogen-bond acceptors (Lipinski definition) is 4. The van der Waals surface area contributed by atoms with E-state index in [-0.39, 0.29) is 17.7 Å². The Morgan fingerprint density at radius 2 is 2.21 bits per heavy atom. The number of carbonyl (C=O) groups excluding carboxylic acids is 2. The molecule has 3 heterocycles. The molecule has 1 saturated heterocycles. The summed E-state index contributed by atoms with van der Waals surface area (Å²) in [4.78, 5) is 30.2. The summed E-state index contributed by atoms with van der Waals surface area (Å²) in [7, 11) is 0. The molecule has 0 saturated carbocycles. The zero-order chi connectivity index (χ0) is 19.5. The average molecular weight is 381 g/mol. The summed E-state index contributed by atoms with van der Waals surface area (Å²) >= 11 is 0. The fourth-order valence-corrected chi connectivity index (χ4v) is 4.24. The van der Waals surface area contributed by atoms with Gasteiger partial charge in [-0.05, 0) is 37.3 Å². The Bertz CT molecular complexity index is 903. The maximum atomic E-state index is 12.1. The molecule has 28 heavy (non-hydrogen) atoms. The smallest absolute Gasteiger partial charge is 0.220 e. The Morgan fingerprint density at radius 3 is 2.96 bits per heavy atom. The van der Waals surface area contributed by atoms with E-state index in [0.29, 0.717) is 32.0 Å². The molecule has 2 aliphatic rings. The number of likely N-dealkylation sites (tertiary alicyclic amines) is 1. The Hall–Kier alpha value is -2.70. The molecule has 7 heteroatoms. The van der Waals surface area contributed by atoms with Gasteiger partial charge in [0.15, 0.2) is 5.65 Å². The second kappa shape index (κ2) is 8.12. The molecule has 0 unspecified atom stereocenters. The average Bonchev–Trinajstić information content (AvgIpc) is 3.41. The molecule has 1 aliphatic heterocycles. The van der Waals surface area contributed by atoms with Crippen LogP contribution in [-0.2, 0) is 16.1 Å². The van der Waals surface area contributed by atoms with E-state index in [1.165, 1.54) is 0 Å². The lowest BCUT2D eigenvalue weighted by Crippen LogP contribution is -2.28. The molecule has 1 aliphatic carbocycles. The summed E-state index contributed by atoms with van der Waals surface area (Å²) in [5.41, 5.74) is 1.85. The fourth-order valence-electron chi connectivity index (χ4n) is 4.24. The van der Waals surface area contributed by atoms with Crippen LogP contribution in [0.2, 0.25) is 0 Å². The van der Waals surface area contributed by atoms with Crippen LogP contribution in [0.4, 0.5) is 0 Å². The van der Waals surface area contributed by atoms with Gasteiger partial charge < -0.3 is 10.2 Å². The first-order chi connectivity index (χ1) is 13.6. The van der Waals surface area contributed by atoms with Crippen LogP contribution in [0.3, 0.4) is 0 Å². The van der Waals surface area contributed by atoms with Crippen LogP contribution in [0.25, 0.3) is 11.0 Å². The van der Waals surface area contributed by atoms with Gasteiger partial charge in [-0.2, -0.15) is 5.10 Å². The van der Waals surface area contributed by atoms with Gasteiger partial charge in [0, 0.05) is 50.5 Å². The van der Waals surface area contributed by atoms with Crippen molar-refractivity contribution in [2.45, 2.75) is 45.1 Å². The first-order valence-corrected chi connectivity index (χ1v) is 10.1. The molecule has 148 valence electrons. The zero-order valence-electron chi connectivity index (χ0n) is 16.3. The highest BCUT2D eigenvalue weighted by molar-refractivity contribution is 5.79. The first-order valence-electron chi connectivity index (χ1n) is 10.1. The summed E-state index contributed by atoms with van der Waals surface area (Å²) < 4.78 is 1.89. The summed E-state index contributed by atoms with van der Waals surface area (Å²) in [6, 6.07) is 3.97.